The van der Waals surface area contributed by atoms with Crippen LogP contribution >= 0.6 is 0 Å². The molecule has 2 rings (SSSR count). The van der Waals surface area contributed by atoms with Crippen LogP contribution in [0.3, 0.4) is 0 Å². The van der Waals surface area contributed by atoms with Gasteiger partial charge < -0.3 is 9.84 Å². The molecule has 4 unspecified atom stereocenters. The molecule has 0 aromatic rings. The summed E-state index contributed by atoms with van der Waals surface area (Å²) in [6, 6.07) is 0. The lowest BCUT2D eigenvalue weighted by Crippen LogP contribution is -2.24. The van der Waals surface area contributed by atoms with E-state index in [0.717, 1.165) is 12.8 Å². The lowest BCUT2D eigenvalue weighted by atomic mass is 9.81. The number of epoxide rings is 1. The molecule has 2 aliphatic rings. The molecule has 1 aliphatic carbocycles. The van der Waals surface area contributed by atoms with Crippen molar-refractivity contribution in [3.63, 3.8) is 0 Å². The number of hydrogen-bond acceptors (Lipinski definition) is 2. The molecule has 0 bridgehead atoms. The van der Waals surface area contributed by atoms with E-state index in [1.807, 2.05) is 0 Å². The van der Waals surface area contributed by atoms with Crippen LogP contribution in [0.15, 0.2) is 0 Å². The number of carbonyl (C=O) groups is 1. The molecule has 1 heterocycles. The molecular weight excluding hydrogens is 156 g/mol. The second kappa shape index (κ2) is 2.73. The van der Waals surface area contributed by atoms with Crippen LogP contribution in [0.5, 0.6) is 0 Å². The zero-order chi connectivity index (χ0) is 8.72. The molecule has 0 amide bonds. The van der Waals surface area contributed by atoms with Crippen molar-refractivity contribution in [1.82, 2.24) is 0 Å². The molecule has 0 aromatic carbocycles. The number of carboxylic acid groups (broad SMARTS) is 1. The normalized spacial score (nSPS) is 45.1. The molecule has 4 atom stereocenters. The zero-order valence-corrected chi connectivity index (χ0v) is 7.19. The highest BCUT2D eigenvalue weighted by molar-refractivity contribution is 5.67. The van der Waals surface area contributed by atoms with Gasteiger partial charge in [-0.1, -0.05) is 6.92 Å². The maximum atomic E-state index is 10.5. The summed E-state index contributed by atoms with van der Waals surface area (Å²) in [5.41, 5.74) is 0. The van der Waals surface area contributed by atoms with E-state index in [1.54, 1.807) is 0 Å². The molecule has 0 aromatic heterocycles. The van der Waals surface area contributed by atoms with Gasteiger partial charge in [-0.3, -0.25) is 4.79 Å². The van der Waals surface area contributed by atoms with Crippen LogP contribution in [-0.2, 0) is 9.53 Å². The van der Waals surface area contributed by atoms with Gasteiger partial charge >= 0.3 is 5.97 Å². The van der Waals surface area contributed by atoms with E-state index >= 15 is 0 Å². The molecule has 1 saturated heterocycles. The molecular formula is C9H14O3. The Morgan fingerprint density at radius 2 is 2.25 bits per heavy atom. The average Bonchev–Trinajstić information content (AvgIpc) is 2.73. The van der Waals surface area contributed by atoms with Crippen molar-refractivity contribution < 1.29 is 14.6 Å². The molecule has 0 spiro atoms. The first-order valence-corrected chi connectivity index (χ1v) is 4.55. The maximum Gasteiger partial charge on any atom is 0.303 e. The summed E-state index contributed by atoms with van der Waals surface area (Å²) in [4.78, 5) is 10.5. The van der Waals surface area contributed by atoms with Crippen molar-refractivity contribution in [1.29, 1.82) is 0 Å². The molecule has 0 radical (unpaired) electrons. The minimum atomic E-state index is -0.691. The fourth-order valence-electron chi connectivity index (χ4n) is 2.22. The lowest BCUT2D eigenvalue weighted by Gasteiger charge is -2.20. The maximum absolute atomic E-state index is 10.5. The van der Waals surface area contributed by atoms with Gasteiger partial charge in [0.25, 0.3) is 0 Å². The topological polar surface area (TPSA) is 49.8 Å². The van der Waals surface area contributed by atoms with E-state index in [0.29, 0.717) is 12.0 Å². The highest BCUT2D eigenvalue weighted by atomic mass is 16.6. The van der Waals surface area contributed by atoms with Crippen LogP contribution in [0, 0.1) is 11.8 Å². The summed E-state index contributed by atoms with van der Waals surface area (Å²) in [6.45, 7) is 2.18. The quantitative estimate of drug-likeness (QED) is 0.635. The van der Waals surface area contributed by atoms with Crippen molar-refractivity contribution >= 4 is 5.97 Å². The third-order valence-corrected chi connectivity index (χ3v) is 3.02. The van der Waals surface area contributed by atoms with Crippen LogP contribution in [0.4, 0.5) is 0 Å². The Kier molecular flexibility index (Phi) is 1.83. The number of aliphatic carboxylic acids is 1. The van der Waals surface area contributed by atoms with Crippen LogP contribution in [0.25, 0.3) is 0 Å². The van der Waals surface area contributed by atoms with Gasteiger partial charge in [0, 0.05) is 0 Å². The molecule has 3 heteroatoms. The van der Waals surface area contributed by atoms with Gasteiger partial charge in [0.15, 0.2) is 0 Å². The summed E-state index contributed by atoms with van der Waals surface area (Å²) >= 11 is 0. The van der Waals surface area contributed by atoms with Crippen molar-refractivity contribution in [2.75, 3.05) is 0 Å². The first-order chi connectivity index (χ1) is 5.68. The van der Waals surface area contributed by atoms with Crippen LogP contribution in [-0.4, -0.2) is 23.3 Å². The molecule has 12 heavy (non-hydrogen) atoms. The first-order valence-electron chi connectivity index (χ1n) is 4.55. The molecule has 1 aliphatic heterocycles. The number of rotatable bonds is 2. The number of ether oxygens (including phenoxy) is 1. The predicted octanol–water partition coefficient (Wildman–Crippen LogP) is 1.27. The number of carboxylic acids is 1. The Morgan fingerprint density at radius 3 is 2.92 bits per heavy atom. The lowest BCUT2D eigenvalue weighted by molar-refractivity contribution is -0.138. The molecule has 1 saturated carbocycles. The fraction of sp³-hybridized carbons (Fsp3) is 0.889. The van der Waals surface area contributed by atoms with Crippen molar-refractivity contribution in [2.24, 2.45) is 11.8 Å². The van der Waals surface area contributed by atoms with Gasteiger partial charge in [0.2, 0.25) is 0 Å². The van der Waals surface area contributed by atoms with Crippen LogP contribution in [0.2, 0.25) is 0 Å². The van der Waals surface area contributed by atoms with Crippen molar-refractivity contribution in [3.8, 4) is 0 Å². The summed E-state index contributed by atoms with van der Waals surface area (Å²) in [6.07, 6.45) is 3.08. The minimum Gasteiger partial charge on any atom is -0.481 e. The fourth-order valence-corrected chi connectivity index (χ4v) is 2.22. The Bertz CT molecular complexity index is 202. The second-order valence-electron chi connectivity index (χ2n) is 3.98. The highest BCUT2D eigenvalue weighted by Gasteiger charge is 2.51. The number of hydrogen-bond donors (Lipinski definition) is 1. The smallest absolute Gasteiger partial charge is 0.303 e. The standard InChI is InChI=1S/C9H14O3/c1-5-2-3-6(4-7(10)11)9-8(5)12-9/h5-6,8-9H,2-4H2,1H3,(H,10,11). The highest BCUT2D eigenvalue weighted by Crippen LogP contribution is 2.45. The second-order valence-corrected chi connectivity index (χ2v) is 3.98. The van der Waals surface area contributed by atoms with Crippen molar-refractivity contribution in [3.05, 3.63) is 0 Å². The monoisotopic (exact) mass is 170 g/mol. The van der Waals surface area contributed by atoms with Gasteiger partial charge in [-0.2, -0.15) is 0 Å². The Labute approximate surface area is 71.7 Å². The van der Waals surface area contributed by atoms with Gasteiger partial charge in [0.1, 0.15) is 0 Å². The van der Waals surface area contributed by atoms with E-state index in [1.165, 1.54) is 0 Å². The largest absolute Gasteiger partial charge is 0.481 e. The average molecular weight is 170 g/mol. The van der Waals surface area contributed by atoms with E-state index in [2.05, 4.69) is 6.92 Å². The van der Waals surface area contributed by atoms with Gasteiger partial charge in [0.05, 0.1) is 18.6 Å². The predicted molar refractivity (Wildman–Crippen MR) is 42.8 cm³/mol. The van der Waals surface area contributed by atoms with E-state index in [-0.39, 0.29) is 18.4 Å². The van der Waals surface area contributed by atoms with Gasteiger partial charge in [-0.05, 0) is 24.7 Å². The van der Waals surface area contributed by atoms with E-state index in [9.17, 15) is 4.79 Å². The summed E-state index contributed by atoms with van der Waals surface area (Å²) in [5.74, 6) is 0.229. The van der Waals surface area contributed by atoms with Crippen molar-refractivity contribution in [2.45, 2.75) is 38.4 Å². The summed E-state index contributed by atoms with van der Waals surface area (Å²) in [7, 11) is 0. The molecule has 1 N–H and O–H groups in total. The summed E-state index contributed by atoms with van der Waals surface area (Å²) in [5, 5.41) is 8.61. The number of fused-ring (bicyclic) bond motifs is 1. The first kappa shape index (κ1) is 8.05. The Hall–Kier alpha value is -0.570. The van der Waals surface area contributed by atoms with Gasteiger partial charge in [-0.25, -0.2) is 0 Å². The third kappa shape index (κ3) is 1.33. The summed E-state index contributed by atoms with van der Waals surface area (Å²) < 4.78 is 5.44. The van der Waals surface area contributed by atoms with E-state index in [4.69, 9.17) is 9.84 Å². The Balaban J connectivity index is 1.90. The van der Waals surface area contributed by atoms with Crippen LogP contribution in [0.1, 0.15) is 26.2 Å². The molecule has 3 nitrogen and oxygen atoms in total. The van der Waals surface area contributed by atoms with Gasteiger partial charge in [-0.15, -0.1) is 0 Å². The third-order valence-electron chi connectivity index (χ3n) is 3.02. The molecule has 68 valence electrons. The Morgan fingerprint density at radius 1 is 1.50 bits per heavy atom. The SMILES string of the molecule is CC1CCC(CC(=O)O)C2OC12. The zero-order valence-electron chi connectivity index (χ0n) is 7.19. The minimum absolute atomic E-state index is 0.268. The van der Waals surface area contributed by atoms with Crippen LogP contribution < -0.4 is 0 Å². The van der Waals surface area contributed by atoms with E-state index < -0.39 is 5.97 Å². The molecule has 2 fully saturated rings.